The zero-order valence-electron chi connectivity index (χ0n) is 36.2. The van der Waals surface area contributed by atoms with Crippen LogP contribution in [0.5, 0.6) is 0 Å². The molecule has 0 aliphatic rings. The Kier molecular flexibility index (Phi) is 52.1. The van der Waals surface area contributed by atoms with Gasteiger partial charge in [-0.15, -0.1) is 0 Å². The third-order valence-corrected chi connectivity index (χ3v) is 8.69. The van der Waals surface area contributed by atoms with E-state index in [-0.39, 0.29) is 13.0 Å². The van der Waals surface area contributed by atoms with E-state index in [2.05, 4.69) is 6.92 Å². The topological polar surface area (TPSA) is 148 Å². The van der Waals surface area contributed by atoms with Gasteiger partial charge in [0, 0.05) is 6.61 Å². The molecule has 0 saturated carbocycles. The van der Waals surface area contributed by atoms with E-state index < -0.39 is 5.97 Å². The highest BCUT2D eigenvalue weighted by Gasteiger charge is 1.99. The maximum atomic E-state index is 10.4. The van der Waals surface area contributed by atoms with E-state index in [1.165, 1.54) is 96.3 Å². The predicted octanol–water partition coefficient (Wildman–Crippen LogP) is 6.92. The van der Waals surface area contributed by atoms with Crippen molar-refractivity contribution >= 4 is 5.97 Å². The van der Waals surface area contributed by atoms with Crippen molar-refractivity contribution in [3.63, 3.8) is 0 Å². The maximum absolute atomic E-state index is 10.4. The van der Waals surface area contributed by atoms with E-state index >= 15 is 0 Å². The van der Waals surface area contributed by atoms with Crippen LogP contribution >= 0.6 is 0 Å². The molecule has 0 bridgehead atoms. The number of unbranched alkanes of at least 4 members (excludes halogenated alkanes) is 15. The number of hydrogen-bond donors (Lipinski definition) is 1. The van der Waals surface area contributed by atoms with E-state index in [1.54, 1.807) is 0 Å². The van der Waals surface area contributed by atoms with Crippen LogP contribution in [0.2, 0.25) is 0 Å². The first-order valence-corrected chi connectivity index (χ1v) is 22.4. The number of ether oxygens (including phenoxy) is 12. The van der Waals surface area contributed by atoms with E-state index in [0.717, 1.165) is 13.0 Å². The van der Waals surface area contributed by atoms with Crippen LogP contribution in [0.1, 0.15) is 116 Å². The third-order valence-electron chi connectivity index (χ3n) is 8.69. The van der Waals surface area contributed by atoms with Gasteiger partial charge < -0.3 is 61.9 Å². The van der Waals surface area contributed by atoms with Gasteiger partial charge in [-0.3, -0.25) is 4.79 Å². The van der Waals surface area contributed by atoms with Crippen molar-refractivity contribution in [2.45, 2.75) is 116 Å². The second-order valence-corrected chi connectivity index (χ2v) is 13.8. The molecule has 0 amide bonds. The molecule has 0 rings (SSSR count). The second kappa shape index (κ2) is 53.0. The van der Waals surface area contributed by atoms with Gasteiger partial charge in [0.1, 0.15) is 0 Å². The molecule has 57 heavy (non-hydrogen) atoms. The molecule has 0 saturated heterocycles. The van der Waals surface area contributed by atoms with E-state index in [1.807, 2.05) is 0 Å². The summed E-state index contributed by atoms with van der Waals surface area (Å²) in [6, 6.07) is 0. The highest BCUT2D eigenvalue weighted by atomic mass is 16.6. The lowest BCUT2D eigenvalue weighted by Crippen LogP contribution is -2.15. The molecule has 0 radical (unpaired) electrons. The van der Waals surface area contributed by atoms with Gasteiger partial charge in [-0.05, 0) is 6.42 Å². The minimum atomic E-state index is -0.872. The minimum absolute atomic E-state index is 0.000722. The first-order chi connectivity index (χ1) is 28.3. The van der Waals surface area contributed by atoms with Crippen LogP contribution in [-0.2, 0) is 61.6 Å². The molecule has 0 atom stereocenters. The van der Waals surface area contributed by atoms with Gasteiger partial charge in [0.25, 0.3) is 0 Å². The number of carboxylic acid groups (broad SMARTS) is 1. The van der Waals surface area contributed by atoms with Crippen LogP contribution in [0, 0.1) is 0 Å². The molecule has 1 N–H and O–H groups in total. The van der Waals surface area contributed by atoms with Gasteiger partial charge >= 0.3 is 5.97 Å². The molecule has 14 nitrogen and oxygen atoms in total. The first-order valence-electron chi connectivity index (χ1n) is 22.4. The smallest absolute Gasteiger partial charge is 0.305 e. The van der Waals surface area contributed by atoms with Gasteiger partial charge in [-0.2, -0.15) is 0 Å². The van der Waals surface area contributed by atoms with Gasteiger partial charge in [-0.1, -0.05) is 103 Å². The summed E-state index contributed by atoms with van der Waals surface area (Å²) in [6.45, 7) is 14.4. The van der Waals surface area contributed by atoms with Crippen molar-refractivity contribution in [3.8, 4) is 0 Å². The van der Waals surface area contributed by atoms with Crippen LogP contribution in [0.3, 0.4) is 0 Å². The lowest BCUT2D eigenvalue weighted by molar-refractivity contribution is -0.138. The van der Waals surface area contributed by atoms with Gasteiger partial charge in [0.05, 0.1) is 158 Å². The third kappa shape index (κ3) is 55.0. The molecule has 0 aliphatic heterocycles. The van der Waals surface area contributed by atoms with Crippen LogP contribution in [0.4, 0.5) is 0 Å². The summed E-state index contributed by atoms with van der Waals surface area (Å²) in [7, 11) is 0. The summed E-state index contributed by atoms with van der Waals surface area (Å²) in [4.78, 5) is 10.4. The fourth-order valence-corrected chi connectivity index (χ4v) is 5.43. The Morgan fingerprint density at radius 2 is 0.439 bits per heavy atom. The highest BCUT2D eigenvalue weighted by molar-refractivity contribution is 5.66. The Bertz CT molecular complexity index is 736. The quantitative estimate of drug-likeness (QED) is 0.0633. The Morgan fingerprint density at radius 3 is 0.649 bits per heavy atom. The van der Waals surface area contributed by atoms with Crippen molar-refractivity contribution in [1.82, 2.24) is 0 Å². The van der Waals surface area contributed by atoms with E-state index in [4.69, 9.17) is 61.9 Å². The van der Waals surface area contributed by atoms with Crippen molar-refractivity contribution in [3.05, 3.63) is 0 Å². The summed E-state index contributed by atoms with van der Waals surface area (Å²) in [5.74, 6) is -0.872. The van der Waals surface area contributed by atoms with Gasteiger partial charge in [0.2, 0.25) is 0 Å². The number of rotatable bonds is 53. The molecule has 0 aromatic rings. The predicted molar refractivity (Wildman–Crippen MR) is 222 cm³/mol. The SMILES string of the molecule is CCCCCCCCCCCCCCCCCCOCCOCCOCCOCCOCCOCCOCCOCCOCCOCCOCCOCCC(=O)O. The van der Waals surface area contributed by atoms with Crippen molar-refractivity contribution in [1.29, 1.82) is 0 Å². The maximum Gasteiger partial charge on any atom is 0.305 e. The average Bonchev–Trinajstić information content (AvgIpc) is 3.21. The molecule has 0 fully saturated rings. The van der Waals surface area contributed by atoms with Crippen LogP contribution in [0.15, 0.2) is 0 Å². The molecule has 0 heterocycles. The zero-order valence-corrected chi connectivity index (χ0v) is 36.2. The summed E-state index contributed by atoms with van der Waals surface area (Å²) in [5, 5.41) is 8.51. The Hall–Kier alpha value is -1.01. The van der Waals surface area contributed by atoms with Gasteiger partial charge in [-0.25, -0.2) is 0 Å². The second-order valence-electron chi connectivity index (χ2n) is 13.8. The standard InChI is InChI=1S/C43H86O14/c1-2-3-4-5-6-7-8-9-10-11-12-13-14-15-16-17-19-46-21-23-48-25-27-50-29-31-52-33-35-54-37-39-56-41-42-57-40-38-55-36-34-53-32-30-51-28-26-49-24-22-47-20-18-43(44)45/h2-42H2,1H3,(H,44,45). The van der Waals surface area contributed by atoms with Crippen molar-refractivity contribution in [2.75, 3.05) is 159 Å². The van der Waals surface area contributed by atoms with E-state index in [9.17, 15) is 4.79 Å². The molecular formula is C43H86O14. The van der Waals surface area contributed by atoms with E-state index in [0.29, 0.717) is 145 Å². The van der Waals surface area contributed by atoms with Crippen LogP contribution < -0.4 is 0 Å². The zero-order chi connectivity index (χ0) is 41.1. The fraction of sp³-hybridized carbons (Fsp3) is 0.977. The summed E-state index contributed by atoms with van der Waals surface area (Å²) in [5.41, 5.74) is 0. The highest BCUT2D eigenvalue weighted by Crippen LogP contribution is 2.13. The molecule has 0 aliphatic carbocycles. The first kappa shape index (κ1) is 56.0. The number of aliphatic carboxylic acids is 1. The number of carboxylic acids is 1. The minimum Gasteiger partial charge on any atom is -0.481 e. The number of hydrogen-bond acceptors (Lipinski definition) is 13. The van der Waals surface area contributed by atoms with Crippen LogP contribution in [0.25, 0.3) is 0 Å². The molecule has 0 unspecified atom stereocenters. The molecule has 0 aromatic carbocycles. The normalized spacial score (nSPS) is 11.6. The lowest BCUT2D eigenvalue weighted by Gasteiger charge is -2.09. The number of carbonyl (C=O) groups is 1. The van der Waals surface area contributed by atoms with Crippen LogP contribution in [-0.4, -0.2) is 170 Å². The Morgan fingerprint density at radius 1 is 0.263 bits per heavy atom. The van der Waals surface area contributed by atoms with Crippen molar-refractivity contribution < 1.29 is 66.7 Å². The monoisotopic (exact) mass is 827 g/mol. The Labute approximate surface area is 346 Å². The average molecular weight is 827 g/mol. The molecule has 0 spiro atoms. The lowest BCUT2D eigenvalue weighted by atomic mass is 10.0. The Balaban J connectivity index is 3.06. The largest absolute Gasteiger partial charge is 0.481 e. The molecule has 14 heteroatoms. The molecular weight excluding hydrogens is 740 g/mol. The fourth-order valence-electron chi connectivity index (χ4n) is 5.43. The van der Waals surface area contributed by atoms with Gasteiger partial charge in [0.15, 0.2) is 0 Å². The van der Waals surface area contributed by atoms with Crippen molar-refractivity contribution in [2.24, 2.45) is 0 Å². The molecule has 0 aromatic heterocycles. The molecule has 342 valence electrons. The summed E-state index contributed by atoms with van der Waals surface area (Å²) in [6.07, 6.45) is 22.1. The summed E-state index contributed by atoms with van der Waals surface area (Å²) < 4.78 is 65.6. The summed E-state index contributed by atoms with van der Waals surface area (Å²) >= 11 is 0.